The highest BCUT2D eigenvalue weighted by Gasteiger charge is 2.23. The summed E-state index contributed by atoms with van der Waals surface area (Å²) in [6.07, 6.45) is -1.55. The summed E-state index contributed by atoms with van der Waals surface area (Å²) in [6.45, 7) is 4.10. The molecule has 0 aliphatic heterocycles. The average Bonchev–Trinajstić information content (AvgIpc) is 3.40. The van der Waals surface area contributed by atoms with Gasteiger partial charge in [0.1, 0.15) is 11.3 Å². The van der Waals surface area contributed by atoms with Crippen LogP contribution in [0.15, 0.2) is 66.9 Å². The van der Waals surface area contributed by atoms with Gasteiger partial charge >= 0.3 is 0 Å². The topological polar surface area (TPSA) is 77.1 Å². The van der Waals surface area contributed by atoms with Crippen LogP contribution >= 0.6 is 11.6 Å². The molecule has 0 spiro atoms. The highest BCUT2D eigenvalue weighted by molar-refractivity contribution is 6.30. The van der Waals surface area contributed by atoms with Gasteiger partial charge in [0, 0.05) is 10.6 Å². The van der Waals surface area contributed by atoms with Crippen molar-refractivity contribution < 1.29 is 13.6 Å². The Balaban J connectivity index is 1.50. The Labute approximate surface area is 210 Å². The Morgan fingerprint density at radius 2 is 1.86 bits per heavy atom. The number of nitrogens with one attached hydrogen (secondary N) is 1. The zero-order valence-corrected chi connectivity index (χ0v) is 20.2. The van der Waals surface area contributed by atoms with Crippen molar-refractivity contribution in [2.45, 2.75) is 26.8 Å². The van der Waals surface area contributed by atoms with E-state index in [4.69, 9.17) is 11.6 Å². The van der Waals surface area contributed by atoms with Crippen LogP contribution in [-0.4, -0.2) is 30.3 Å². The zero-order valence-electron chi connectivity index (χ0n) is 19.4. The second kappa shape index (κ2) is 9.50. The van der Waals surface area contributed by atoms with E-state index in [1.165, 1.54) is 12.3 Å². The molecule has 1 amide bonds. The highest BCUT2D eigenvalue weighted by Crippen LogP contribution is 2.28. The van der Waals surface area contributed by atoms with Gasteiger partial charge in [0.05, 0.1) is 35.5 Å². The molecule has 0 aliphatic carbocycles. The number of anilines is 1. The number of rotatable bonds is 6. The van der Waals surface area contributed by atoms with Gasteiger partial charge in [-0.3, -0.25) is 9.48 Å². The summed E-state index contributed by atoms with van der Waals surface area (Å²) < 4.78 is 30.5. The Bertz CT molecular complexity index is 1580. The molecule has 0 radical (unpaired) electrons. The number of benzene rings is 2. The number of alkyl halides is 2. The number of carbonyl (C=O) groups excluding carboxylic acids is 1. The summed E-state index contributed by atoms with van der Waals surface area (Å²) >= 11 is 6.09. The molecule has 0 fully saturated rings. The minimum atomic E-state index is -2.80. The molecular weight excluding hydrogens is 486 g/mol. The molecule has 0 unspecified atom stereocenters. The van der Waals surface area contributed by atoms with Crippen LogP contribution in [-0.2, 0) is 6.54 Å². The standard InChI is InChI=1S/C26H21ClF2N6O/c1-15-23(16(2)34(33-15)14-17-7-6-10-19(27)11-17)32-26(36)20-13-30-35-22(24(28)29)12-21(31-25(20)35)18-8-4-3-5-9-18/h3-13,24H,14H2,1-2H3,(H,32,36). The van der Waals surface area contributed by atoms with Crippen molar-refractivity contribution in [1.29, 1.82) is 0 Å². The largest absolute Gasteiger partial charge is 0.319 e. The first-order valence-corrected chi connectivity index (χ1v) is 11.5. The van der Waals surface area contributed by atoms with E-state index in [0.717, 1.165) is 15.8 Å². The summed E-state index contributed by atoms with van der Waals surface area (Å²) in [7, 11) is 0. The molecule has 2 aromatic carbocycles. The van der Waals surface area contributed by atoms with Gasteiger partial charge in [0.15, 0.2) is 5.65 Å². The predicted molar refractivity (Wildman–Crippen MR) is 134 cm³/mol. The lowest BCUT2D eigenvalue weighted by molar-refractivity contribution is 0.102. The van der Waals surface area contributed by atoms with Crippen LogP contribution in [0.3, 0.4) is 0 Å². The molecule has 3 heterocycles. The van der Waals surface area contributed by atoms with Gasteiger partial charge in [0.2, 0.25) is 0 Å². The first kappa shape index (κ1) is 23.6. The number of carbonyl (C=O) groups is 1. The molecule has 0 saturated carbocycles. The lowest BCUT2D eigenvalue weighted by Gasteiger charge is -2.09. The molecule has 7 nitrogen and oxygen atoms in total. The first-order valence-electron chi connectivity index (χ1n) is 11.1. The maximum absolute atomic E-state index is 13.9. The fourth-order valence-corrected chi connectivity index (χ4v) is 4.29. The lowest BCUT2D eigenvalue weighted by Crippen LogP contribution is -2.14. The van der Waals surface area contributed by atoms with Crippen molar-refractivity contribution in [3.8, 4) is 11.3 Å². The molecule has 36 heavy (non-hydrogen) atoms. The average molecular weight is 507 g/mol. The smallest absolute Gasteiger partial charge is 0.280 e. The van der Waals surface area contributed by atoms with Crippen molar-refractivity contribution >= 4 is 28.8 Å². The quantitative estimate of drug-likeness (QED) is 0.302. The molecule has 5 aromatic rings. The van der Waals surface area contributed by atoms with Crippen molar-refractivity contribution in [2.24, 2.45) is 0 Å². The van der Waals surface area contributed by atoms with E-state index in [9.17, 15) is 13.6 Å². The van der Waals surface area contributed by atoms with Crippen LogP contribution in [0.2, 0.25) is 5.02 Å². The summed E-state index contributed by atoms with van der Waals surface area (Å²) in [5.41, 5.74) is 3.62. The Hall–Kier alpha value is -4.11. The lowest BCUT2D eigenvalue weighted by atomic mass is 10.1. The van der Waals surface area contributed by atoms with Crippen LogP contribution < -0.4 is 5.32 Å². The third-order valence-electron chi connectivity index (χ3n) is 5.88. The second-order valence-corrected chi connectivity index (χ2v) is 8.75. The van der Waals surface area contributed by atoms with E-state index in [1.807, 2.05) is 31.2 Å². The third-order valence-corrected chi connectivity index (χ3v) is 6.11. The van der Waals surface area contributed by atoms with Crippen molar-refractivity contribution in [2.75, 3.05) is 5.32 Å². The number of aromatic nitrogens is 5. The monoisotopic (exact) mass is 506 g/mol. The number of nitrogens with zero attached hydrogens (tertiary/aromatic N) is 5. The van der Waals surface area contributed by atoms with Gasteiger partial charge in [-0.25, -0.2) is 18.3 Å². The number of aryl methyl sites for hydroxylation is 1. The molecule has 1 N–H and O–H groups in total. The molecule has 0 saturated heterocycles. The number of hydrogen-bond acceptors (Lipinski definition) is 4. The minimum Gasteiger partial charge on any atom is -0.319 e. The molecule has 0 bridgehead atoms. The van der Waals surface area contributed by atoms with E-state index in [2.05, 4.69) is 20.5 Å². The van der Waals surface area contributed by atoms with Gasteiger partial charge < -0.3 is 5.32 Å². The van der Waals surface area contributed by atoms with E-state index in [0.29, 0.717) is 34.2 Å². The Morgan fingerprint density at radius 3 is 2.58 bits per heavy atom. The molecule has 182 valence electrons. The molecular formula is C26H21ClF2N6O. The fourth-order valence-electron chi connectivity index (χ4n) is 4.08. The van der Waals surface area contributed by atoms with Crippen molar-refractivity contribution in [1.82, 2.24) is 24.4 Å². The summed E-state index contributed by atoms with van der Waals surface area (Å²) in [5, 5.41) is 12.1. The minimum absolute atomic E-state index is 0.0470. The Kier molecular flexibility index (Phi) is 6.24. The summed E-state index contributed by atoms with van der Waals surface area (Å²) in [4.78, 5) is 17.8. The van der Waals surface area contributed by atoms with E-state index < -0.39 is 12.3 Å². The van der Waals surface area contributed by atoms with Gasteiger partial charge in [0.25, 0.3) is 12.3 Å². The number of fused-ring (bicyclic) bond motifs is 1. The van der Waals surface area contributed by atoms with Crippen LogP contribution in [0.4, 0.5) is 14.5 Å². The van der Waals surface area contributed by atoms with Gasteiger partial charge in [-0.15, -0.1) is 0 Å². The summed E-state index contributed by atoms with van der Waals surface area (Å²) in [6, 6.07) is 17.7. The zero-order chi connectivity index (χ0) is 25.4. The fraction of sp³-hybridized carbons (Fsp3) is 0.154. The number of halogens is 3. The maximum Gasteiger partial charge on any atom is 0.280 e. The van der Waals surface area contributed by atoms with Crippen LogP contribution in [0, 0.1) is 13.8 Å². The van der Waals surface area contributed by atoms with Gasteiger partial charge in [-0.2, -0.15) is 10.2 Å². The third kappa shape index (κ3) is 4.45. The Morgan fingerprint density at radius 1 is 1.08 bits per heavy atom. The summed E-state index contributed by atoms with van der Waals surface area (Å²) in [5.74, 6) is -0.517. The van der Waals surface area contributed by atoms with Gasteiger partial charge in [-0.05, 0) is 37.6 Å². The van der Waals surface area contributed by atoms with E-state index >= 15 is 0 Å². The van der Waals surface area contributed by atoms with Crippen LogP contribution in [0.25, 0.3) is 16.9 Å². The highest BCUT2D eigenvalue weighted by atomic mass is 35.5. The SMILES string of the molecule is Cc1nn(Cc2cccc(Cl)c2)c(C)c1NC(=O)c1cnn2c(C(F)F)cc(-c3ccccc3)nc12. The van der Waals surface area contributed by atoms with Crippen LogP contribution in [0.1, 0.15) is 39.4 Å². The van der Waals surface area contributed by atoms with Crippen LogP contribution in [0.5, 0.6) is 0 Å². The molecule has 3 aromatic heterocycles. The van der Waals surface area contributed by atoms with Crippen molar-refractivity contribution in [3.05, 3.63) is 100 Å². The maximum atomic E-state index is 13.9. The van der Waals surface area contributed by atoms with E-state index in [-0.39, 0.29) is 16.9 Å². The molecule has 0 atom stereocenters. The second-order valence-electron chi connectivity index (χ2n) is 8.31. The molecule has 0 aliphatic rings. The number of amides is 1. The molecule has 5 rings (SSSR count). The van der Waals surface area contributed by atoms with Gasteiger partial charge in [-0.1, -0.05) is 54.1 Å². The first-order chi connectivity index (χ1) is 17.3. The normalized spacial score (nSPS) is 11.4. The van der Waals surface area contributed by atoms with Crippen molar-refractivity contribution in [3.63, 3.8) is 0 Å². The number of hydrogen-bond donors (Lipinski definition) is 1. The molecule has 10 heteroatoms. The van der Waals surface area contributed by atoms with E-state index in [1.54, 1.807) is 41.9 Å². The predicted octanol–water partition coefficient (Wildman–Crippen LogP) is 6.10.